The van der Waals surface area contributed by atoms with Crippen LogP contribution in [0.15, 0.2) is 0 Å². The average molecular weight is 233 g/mol. The fraction of sp³-hybridized carbons (Fsp3) is 0.500. The normalized spacial score (nSPS) is 12.5. The number of rotatable bonds is 3. The zero-order valence-electron chi connectivity index (χ0n) is 4.20. The summed E-state index contributed by atoms with van der Waals surface area (Å²) in [4.78, 5) is 0. The van der Waals surface area contributed by atoms with Crippen molar-refractivity contribution >= 4 is 25.3 Å². The Balaban J connectivity index is 3.03. The highest BCUT2D eigenvalue weighted by molar-refractivity contribution is 14.2. The van der Waals surface area contributed by atoms with Gasteiger partial charge in [-0.25, -0.2) is 3.17 Å². The van der Waals surface area contributed by atoms with Crippen LogP contribution in [0.5, 0.6) is 0 Å². The van der Waals surface area contributed by atoms with E-state index in [1.807, 2.05) is 0 Å². The molecule has 5 nitrogen and oxygen atoms in total. The molecule has 0 aliphatic carbocycles. The van der Waals surface area contributed by atoms with Crippen LogP contribution < -0.4 is 5.84 Å². The van der Waals surface area contributed by atoms with Crippen molar-refractivity contribution in [3.63, 3.8) is 0 Å². The summed E-state index contributed by atoms with van der Waals surface area (Å²) in [6.07, 6.45) is 0. The molecule has 0 saturated heterocycles. The van der Waals surface area contributed by atoms with E-state index in [1.54, 1.807) is 0 Å². The maximum absolute atomic E-state index is 9.74. The van der Waals surface area contributed by atoms with E-state index >= 15 is 0 Å². The van der Waals surface area contributed by atoms with Gasteiger partial charge in [-0.2, -0.15) is 5.34 Å². The second-order valence-electron chi connectivity index (χ2n) is 0.768. The van der Waals surface area contributed by atoms with Gasteiger partial charge in [0.2, 0.25) is 0 Å². The van der Waals surface area contributed by atoms with Crippen molar-refractivity contribution in [2.45, 2.75) is 0 Å². The standard InChI is InChI=1S/C2H6IN2O3/c1-7-2-3-8-5(4)6/h2H,4H2,1H3/q-1. The number of halogens is 1. The Bertz CT molecular complexity index is 75.7. The van der Waals surface area contributed by atoms with Gasteiger partial charge in [0.15, 0.2) is 0 Å². The molecule has 0 radical (unpaired) electrons. The van der Waals surface area contributed by atoms with E-state index in [0.717, 1.165) is 0 Å². The summed E-state index contributed by atoms with van der Waals surface area (Å²) < 4.78 is 10.2. The zero-order chi connectivity index (χ0) is 6.41. The first-order valence-electron chi connectivity index (χ1n) is 1.64. The quantitative estimate of drug-likeness (QED) is 0.418. The SMILES string of the molecule is COC=ION(N)[O-]. The molecule has 0 aromatic heterocycles. The van der Waals surface area contributed by atoms with Crippen LogP contribution in [0.4, 0.5) is 0 Å². The Morgan fingerprint density at radius 1 is 1.88 bits per heavy atom. The minimum absolute atomic E-state index is 0.0806. The molecule has 50 valence electrons. The molecule has 0 heterocycles. The van der Waals surface area contributed by atoms with Crippen LogP contribution >= 0.6 is 21.1 Å². The number of hydrogen-bond acceptors (Lipinski definition) is 5. The van der Waals surface area contributed by atoms with Crippen LogP contribution in [0.1, 0.15) is 0 Å². The van der Waals surface area contributed by atoms with Gasteiger partial charge in [0, 0.05) is 7.11 Å². The van der Waals surface area contributed by atoms with Gasteiger partial charge in [-0.15, -0.1) is 0 Å². The molecule has 0 aliphatic heterocycles. The molecule has 8 heavy (non-hydrogen) atoms. The minimum Gasteiger partial charge on any atom is -0.747 e. The van der Waals surface area contributed by atoms with Crippen LogP contribution in [-0.2, 0) is 7.90 Å². The van der Waals surface area contributed by atoms with Gasteiger partial charge >= 0.3 is 0 Å². The summed E-state index contributed by atoms with van der Waals surface area (Å²) in [6, 6.07) is 0. The van der Waals surface area contributed by atoms with Crippen LogP contribution in [0, 0.1) is 5.21 Å². The van der Waals surface area contributed by atoms with Crippen molar-refractivity contribution in [2.75, 3.05) is 7.11 Å². The number of nitrogens with two attached hydrogens (primary N) is 1. The zero-order valence-corrected chi connectivity index (χ0v) is 6.36. The van der Waals surface area contributed by atoms with Gasteiger partial charge in [0.05, 0.1) is 25.3 Å². The van der Waals surface area contributed by atoms with Crippen molar-refractivity contribution in [1.29, 1.82) is 0 Å². The van der Waals surface area contributed by atoms with Crippen molar-refractivity contribution < 1.29 is 7.90 Å². The predicted octanol–water partition coefficient (Wildman–Crippen LogP) is -0.117. The minimum atomic E-state index is -0.774. The van der Waals surface area contributed by atoms with Gasteiger partial charge < -0.3 is 9.94 Å². The summed E-state index contributed by atoms with van der Waals surface area (Å²) in [5, 5.41) is 9.66. The molecule has 0 fully saturated rings. The summed E-state index contributed by atoms with van der Waals surface area (Å²) in [5.74, 6) is 4.54. The fourth-order valence-electron chi connectivity index (χ4n) is 0.0919. The molecule has 0 aromatic carbocycles. The maximum Gasteiger partial charge on any atom is 0.0957 e. The molecule has 0 rings (SSSR count). The van der Waals surface area contributed by atoms with E-state index < -0.39 is 21.1 Å². The van der Waals surface area contributed by atoms with Gasteiger partial charge in [-0.1, -0.05) is 0 Å². The van der Waals surface area contributed by atoms with Crippen LogP contribution in [0.2, 0.25) is 0 Å². The Labute approximate surface area is 57.2 Å². The number of hydrazine groups is 1. The molecule has 0 atom stereocenters. The third-order valence-corrected chi connectivity index (χ3v) is 1.57. The monoisotopic (exact) mass is 233 g/mol. The molecule has 0 aliphatic rings. The van der Waals surface area contributed by atoms with Crippen molar-refractivity contribution in [2.24, 2.45) is 5.84 Å². The average Bonchev–Trinajstić information content (AvgIpc) is 1.66. The lowest BCUT2D eigenvalue weighted by atomic mass is 11.6. The fourth-order valence-corrected chi connectivity index (χ4v) is 0.616. The van der Waals surface area contributed by atoms with Gasteiger partial charge in [-0.05, 0) is 0 Å². The lowest BCUT2D eigenvalue weighted by molar-refractivity contribution is 0.0494. The molecule has 0 spiro atoms. The van der Waals surface area contributed by atoms with E-state index in [9.17, 15) is 5.21 Å². The highest BCUT2D eigenvalue weighted by Gasteiger charge is 1.72. The second kappa shape index (κ2) is 5.54. The molecule has 0 bridgehead atoms. The Morgan fingerprint density at radius 2 is 2.50 bits per heavy atom. The van der Waals surface area contributed by atoms with Crippen LogP contribution in [0.3, 0.4) is 0 Å². The van der Waals surface area contributed by atoms with Crippen LogP contribution in [-0.4, -0.2) is 16.6 Å². The lowest BCUT2D eigenvalue weighted by Gasteiger charge is -2.15. The Kier molecular flexibility index (Phi) is 5.81. The van der Waals surface area contributed by atoms with E-state index in [4.69, 9.17) is 0 Å². The Morgan fingerprint density at radius 3 is 2.88 bits per heavy atom. The number of methoxy groups -OCH3 is 1. The highest BCUT2D eigenvalue weighted by atomic mass is 127. The summed E-state index contributed by atoms with van der Waals surface area (Å²) >= 11 is -0.774. The van der Waals surface area contributed by atoms with Gasteiger partial charge in [-0.3, -0.25) is 5.84 Å². The van der Waals surface area contributed by atoms with Crippen molar-refractivity contribution in [3.8, 4) is 0 Å². The summed E-state index contributed by atoms with van der Waals surface area (Å²) in [5.41, 5.74) is 0. The molecule has 0 aromatic rings. The predicted molar refractivity (Wildman–Crippen MR) is 37.6 cm³/mol. The second-order valence-corrected chi connectivity index (χ2v) is 2.18. The smallest absolute Gasteiger partial charge is 0.0957 e. The maximum atomic E-state index is 9.74. The van der Waals surface area contributed by atoms with Gasteiger partial charge in [0.25, 0.3) is 0 Å². The first-order valence-corrected chi connectivity index (χ1v) is 3.77. The molecular formula is C2H6IN2O3-. The van der Waals surface area contributed by atoms with E-state index in [1.165, 1.54) is 11.3 Å². The molecule has 0 unspecified atom stereocenters. The van der Waals surface area contributed by atoms with Gasteiger partial charge in [0.1, 0.15) is 0 Å². The topological polar surface area (TPSA) is 70.8 Å². The number of hydrogen-bond donors (Lipinski definition) is 1. The molecule has 6 heteroatoms. The largest absolute Gasteiger partial charge is 0.747 e. The van der Waals surface area contributed by atoms with E-state index in [0.29, 0.717) is 0 Å². The number of ether oxygens (including phenoxy) is 1. The lowest BCUT2D eigenvalue weighted by Crippen LogP contribution is -2.19. The Hall–Kier alpha value is 0.400. The molecule has 2 N–H and O–H groups in total. The highest BCUT2D eigenvalue weighted by Crippen LogP contribution is 1.96. The summed E-state index contributed by atoms with van der Waals surface area (Å²) in [7, 11) is 1.48. The van der Waals surface area contributed by atoms with E-state index in [-0.39, 0.29) is 5.34 Å². The first-order chi connectivity index (χ1) is 3.77. The molecule has 0 amide bonds. The third kappa shape index (κ3) is 6.40. The van der Waals surface area contributed by atoms with Crippen molar-refractivity contribution in [1.82, 2.24) is 5.34 Å². The van der Waals surface area contributed by atoms with Crippen molar-refractivity contribution in [3.05, 3.63) is 5.21 Å². The third-order valence-electron chi connectivity index (χ3n) is 0.233. The number of nitrogens with zero attached hydrogens (tertiary/aromatic N) is 1. The molecule has 0 saturated carbocycles. The molecular weight excluding hydrogens is 227 g/mol. The first kappa shape index (κ1) is 8.40. The summed E-state index contributed by atoms with van der Waals surface area (Å²) in [6.45, 7) is 0. The van der Waals surface area contributed by atoms with Crippen LogP contribution in [0.25, 0.3) is 0 Å². The van der Waals surface area contributed by atoms with E-state index in [2.05, 4.69) is 13.7 Å².